The number of nitrogens with one attached hydrogen (secondary N) is 2. The van der Waals surface area contributed by atoms with Crippen molar-refractivity contribution in [2.24, 2.45) is 0 Å². The Morgan fingerprint density at radius 3 is 2.62 bits per heavy atom. The van der Waals surface area contributed by atoms with Crippen molar-refractivity contribution >= 4 is 40.3 Å². The molecule has 1 fully saturated rings. The molecule has 2 aromatic heterocycles. The molecule has 2 aromatic carbocycles. The van der Waals surface area contributed by atoms with Crippen LogP contribution in [-0.2, 0) is 11.3 Å². The molecule has 32 heavy (non-hydrogen) atoms. The Bertz CT molecular complexity index is 1330. The highest BCUT2D eigenvalue weighted by molar-refractivity contribution is 7.99. The minimum atomic E-state index is -0.112. The zero-order valence-electron chi connectivity index (χ0n) is 17.2. The SMILES string of the molecule is O=C(CSc1nc2c(-c3ccccc3)c[nH]c2c(=O)n1C1CC1)NCc1ccc(Cl)cc1. The number of aromatic nitrogens is 3. The molecule has 2 heterocycles. The maximum absolute atomic E-state index is 13.2. The normalized spacial score (nSPS) is 13.4. The predicted molar refractivity (Wildman–Crippen MR) is 128 cm³/mol. The smallest absolute Gasteiger partial charge is 0.278 e. The fourth-order valence-electron chi connectivity index (χ4n) is 3.63. The number of nitrogens with zero attached hydrogens (tertiary/aromatic N) is 2. The first kappa shape index (κ1) is 20.8. The van der Waals surface area contributed by atoms with Gasteiger partial charge in [-0.05, 0) is 36.1 Å². The number of carbonyl (C=O) groups is 1. The molecule has 1 aliphatic rings. The standard InChI is InChI=1S/C24H21ClN4O2S/c25-17-8-6-15(7-9-17)12-26-20(30)14-32-24-28-21-19(16-4-2-1-3-5-16)13-27-22(21)23(31)29(24)18-10-11-18/h1-9,13,18,27H,10-12,14H2,(H,26,30). The van der Waals surface area contributed by atoms with Crippen LogP contribution in [0.1, 0.15) is 24.4 Å². The van der Waals surface area contributed by atoms with Crippen LogP contribution < -0.4 is 10.9 Å². The van der Waals surface area contributed by atoms with Crippen LogP contribution in [0.5, 0.6) is 0 Å². The van der Waals surface area contributed by atoms with E-state index in [0.29, 0.717) is 27.8 Å². The van der Waals surface area contributed by atoms with Gasteiger partial charge in [0.05, 0.1) is 5.75 Å². The second-order valence-electron chi connectivity index (χ2n) is 7.78. The average molecular weight is 465 g/mol. The molecule has 0 atom stereocenters. The Morgan fingerprint density at radius 1 is 1.16 bits per heavy atom. The van der Waals surface area contributed by atoms with Gasteiger partial charge < -0.3 is 10.3 Å². The van der Waals surface area contributed by atoms with E-state index in [9.17, 15) is 9.59 Å². The molecule has 0 aliphatic heterocycles. The van der Waals surface area contributed by atoms with Gasteiger partial charge in [-0.2, -0.15) is 0 Å². The third kappa shape index (κ3) is 4.31. The van der Waals surface area contributed by atoms with Gasteiger partial charge in [-0.3, -0.25) is 14.2 Å². The lowest BCUT2D eigenvalue weighted by molar-refractivity contribution is -0.118. The summed E-state index contributed by atoms with van der Waals surface area (Å²) in [7, 11) is 0. The lowest BCUT2D eigenvalue weighted by atomic mass is 10.1. The van der Waals surface area contributed by atoms with Crippen molar-refractivity contribution in [3.05, 3.63) is 81.7 Å². The van der Waals surface area contributed by atoms with Crippen LogP contribution in [-0.4, -0.2) is 26.2 Å². The summed E-state index contributed by atoms with van der Waals surface area (Å²) in [5, 5.41) is 4.16. The Morgan fingerprint density at radius 2 is 1.91 bits per heavy atom. The largest absolute Gasteiger partial charge is 0.355 e. The number of aromatic amines is 1. The van der Waals surface area contributed by atoms with E-state index < -0.39 is 0 Å². The number of thioether (sulfide) groups is 1. The molecule has 1 amide bonds. The van der Waals surface area contributed by atoms with Gasteiger partial charge in [-0.1, -0.05) is 65.8 Å². The number of carbonyl (C=O) groups excluding carboxylic acids is 1. The van der Waals surface area contributed by atoms with Crippen LogP contribution in [0.15, 0.2) is 70.7 Å². The Hall–Kier alpha value is -3.03. The fourth-order valence-corrected chi connectivity index (χ4v) is 4.65. The number of hydrogen-bond acceptors (Lipinski definition) is 4. The molecule has 0 unspecified atom stereocenters. The highest BCUT2D eigenvalue weighted by Gasteiger charge is 2.29. The van der Waals surface area contributed by atoms with E-state index in [-0.39, 0.29) is 23.3 Å². The molecular formula is C24H21ClN4O2S. The zero-order chi connectivity index (χ0) is 22.1. The zero-order valence-corrected chi connectivity index (χ0v) is 18.7. The molecule has 4 aromatic rings. The van der Waals surface area contributed by atoms with Crippen LogP contribution in [0.3, 0.4) is 0 Å². The van der Waals surface area contributed by atoms with Gasteiger partial charge in [-0.25, -0.2) is 4.98 Å². The molecule has 6 nitrogen and oxygen atoms in total. The third-order valence-electron chi connectivity index (χ3n) is 5.43. The quantitative estimate of drug-likeness (QED) is 0.304. The van der Waals surface area contributed by atoms with Crippen LogP contribution in [0.2, 0.25) is 5.02 Å². The van der Waals surface area contributed by atoms with E-state index in [0.717, 1.165) is 29.5 Å². The van der Waals surface area contributed by atoms with Gasteiger partial charge in [0, 0.05) is 29.4 Å². The number of hydrogen-bond donors (Lipinski definition) is 2. The second kappa shape index (κ2) is 8.84. The lowest BCUT2D eigenvalue weighted by Gasteiger charge is -2.12. The molecule has 1 saturated carbocycles. The summed E-state index contributed by atoms with van der Waals surface area (Å²) in [6, 6.07) is 17.4. The molecular weight excluding hydrogens is 444 g/mol. The number of rotatable bonds is 7. The molecule has 5 rings (SSSR count). The number of halogens is 1. The maximum atomic E-state index is 13.2. The van der Waals surface area contributed by atoms with Crippen molar-refractivity contribution in [3.8, 4) is 11.1 Å². The average Bonchev–Trinajstić information content (AvgIpc) is 3.55. The lowest BCUT2D eigenvalue weighted by Crippen LogP contribution is -2.26. The van der Waals surface area contributed by atoms with Crippen molar-refractivity contribution in [3.63, 3.8) is 0 Å². The molecule has 162 valence electrons. The molecule has 0 bridgehead atoms. The molecule has 8 heteroatoms. The van der Waals surface area contributed by atoms with Crippen molar-refractivity contribution in [2.75, 3.05) is 5.75 Å². The van der Waals surface area contributed by atoms with E-state index in [1.165, 1.54) is 11.8 Å². The summed E-state index contributed by atoms with van der Waals surface area (Å²) >= 11 is 7.21. The van der Waals surface area contributed by atoms with Crippen molar-refractivity contribution in [1.29, 1.82) is 0 Å². The highest BCUT2D eigenvalue weighted by Crippen LogP contribution is 2.37. The topological polar surface area (TPSA) is 79.8 Å². The first-order valence-electron chi connectivity index (χ1n) is 10.4. The van der Waals surface area contributed by atoms with Crippen LogP contribution in [0, 0.1) is 0 Å². The third-order valence-corrected chi connectivity index (χ3v) is 6.64. The van der Waals surface area contributed by atoms with Crippen LogP contribution >= 0.6 is 23.4 Å². The predicted octanol–water partition coefficient (Wildman–Crippen LogP) is 4.79. The minimum absolute atomic E-state index is 0.0799. The summed E-state index contributed by atoms with van der Waals surface area (Å²) in [6.07, 6.45) is 3.74. The molecule has 0 saturated heterocycles. The van der Waals surface area contributed by atoms with E-state index in [1.54, 1.807) is 16.7 Å². The Kier molecular flexibility index (Phi) is 5.76. The van der Waals surface area contributed by atoms with E-state index in [1.807, 2.05) is 48.7 Å². The number of benzene rings is 2. The number of H-pyrrole nitrogens is 1. The first-order chi connectivity index (χ1) is 15.6. The summed E-state index contributed by atoms with van der Waals surface area (Å²) in [6.45, 7) is 0.425. The molecule has 2 N–H and O–H groups in total. The van der Waals surface area contributed by atoms with Gasteiger partial charge in [0.1, 0.15) is 11.0 Å². The minimum Gasteiger partial charge on any atom is -0.355 e. The monoisotopic (exact) mass is 464 g/mol. The van der Waals surface area contributed by atoms with Gasteiger partial charge >= 0.3 is 0 Å². The maximum Gasteiger partial charge on any atom is 0.278 e. The van der Waals surface area contributed by atoms with Crippen molar-refractivity contribution in [2.45, 2.75) is 30.6 Å². The summed E-state index contributed by atoms with van der Waals surface area (Å²) in [5.41, 5.74) is 3.92. The van der Waals surface area contributed by atoms with Gasteiger partial charge in [0.15, 0.2) is 5.16 Å². The van der Waals surface area contributed by atoms with Crippen LogP contribution in [0.25, 0.3) is 22.2 Å². The van der Waals surface area contributed by atoms with Crippen molar-refractivity contribution < 1.29 is 4.79 Å². The van der Waals surface area contributed by atoms with Crippen molar-refractivity contribution in [1.82, 2.24) is 19.9 Å². The van der Waals surface area contributed by atoms with Gasteiger partial charge in [0.2, 0.25) is 5.91 Å². The fraction of sp³-hybridized carbons (Fsp3) is 0.208. The highest BCUT2D eigenvalue weighted by atomic mass is 35.5. The number of amides is 1. The Balaban J connectivity index is 1.38. The molecule has 0 radical (unpaired) electrons. The number of fused-ring (bicyclic) bond motifs is 1. The van der Waals surface area contributed by atoms with Crippen LogP contribution in [0.4, 0.5) is 0 Å². The van der Waals surface area contributed by atoms with Gasteiger partial charge in [0.25, 0.3) is 5.56 Å². The Labute approximate surface area is 194 Å². The summed E-state index contributed by atoms with van der Waals surface area (Å²) in [5.74, 6) is 0.0718. The summed E-state index contributed by atoms with van der Waals surface area (Å²) < 4.78 is 1.74. The summed E-state index contributed by atoms with van der Waals surface area (Å²) in [4.78, 5) is 33.6. The molecule has 1 aliphatic carbocycles. The van der Waals surface area contributed by atoms with E-state index in [4.69, 9.17) is 16.6 Å². The first-order valence-corrected chi connectivity index (χ1v) is 11.8. The van der Waals surface area contributed by atoms with E-state index in [2.05, 4.69) is 10.3 Å². The van der Waals surface area contributed by atoms with E-state index >= 15 is 0 Å². The second-order valence-corrected chi connectivity index (χ2v) is 9.16. The molecule has 0 spiro atoms. The van der Waals surface area contributed by atoms with Gasteiger partial charge in [-0.15, -0.1) is 0 Å².